The fraction of sp³-hybridized carbons (Fsp3) is 0.273. The Bertz CT molecular complexity index is 608. The van der Waals surface area contributed by atoms with Crippen molar-refractivity contribution in [2.45, 2.75) is 5.16 Å². The zero-order valence-corrected chi connectivity index (χ0v) is 11.5. The van der Waals surface area contributed by atoms with Crippen LogP contribution >= 0.6 is 11.8 Å². The molecule has 2 rings (SSSR count). The van der Waals surface area contributed by atoms with Gasteiger partial charge in [0.1, 0.15) is 0 Å². The Kier molecular flexibility index (Phi) is 4.41. The van der Waals surface area contributed by atoms with Gasteiger partial charge in [-0.3, -0.25) is 9.59 Å². The minimum atomic E-state index is -0.581. The number of aromatic nitrogens is 3. The third-order valence-electron chi connectivity index (χ3n) is 2.37. The number of thioether (sulfide) groups is 1. The summed E-state index contributed by atoms with van der Waals surface area (Å²) in [7, 11) is 1.78. The lowest BCUT2D eigenvalue weighted by Gasteiger charge is -2.03. The van der Waals surface area contributed by atoms with E-state index >= 15 is 0 Å². The van der Waals surface area contributed by atoms with E-state index in [0.717, 1.165) is 0 Å². The topological polar surface area (TPSA) is 116 Å². The summed E-state index contributed by atoms with van der Waals surface area (Å²) in [6.07, 6.45) is 1.55. The third kappa shape index (κ3) is 3.38. The van der Waals surface area contributed by atoms with Crippen LogP contribution in [0.25, 0.3) is 11.6 Å². The molecule has 3 N–H and O–H groups in total. The number of primary amides is 1. The van der Waals surface area contributed by atoms with Crippen molar-refractivity contribution in [2.24, 2.45) is 12.8 Å². The normalized spacial score (nSPS) is 10.4. The molecule has 2 aromatic rings. The van der Waals surface area contributed by atoms with E-state index in [1.807, 2.05) is 0 Å². The largest absolute Gasteiger partial charge is 0.461 e. The van der Waals surface area contributed by atoms with Crippen LogP contribution in [0.2, 0.25) is 0 Å². The van der Waals surface area contributed by atoms with E-state index in [2.05, 4.69) is 15.5 Å². The quantitative estimate of drug-likeness (QED) is 0.711. The van der Waals surface area contributed by atoms with Gasteiger partial charge in [-0.25, -0.2) is 0 Å². The molecule has 2 heterocycles. The van der Waals surface area contributed by atoms with Crippen molar-refractivity contribution in [1.29, 1.82) is 0 Å². The van der Waals surface area contributed by atoms with Gasteiger partial charge < -0.3 is 20.0 Å². The minimum Gasteiger partial charge on any atom is -0.461 e. The second kappa shape index (κ2) is 6.24. The number of amides is 2. The molecular weight excluding hydrogens is 282 g/mol. The van der Waals surface area contributed by atoms with Crippen LogP contribution < -0.4 is 11.1 Å². The Hall–Kier alpha value is -2.29. The number of nitrogens with two attached hydrogens (primary N) is 1. The van der Waals surface area contributed by atoms with Crippen LogP contribution in [0.4, 0.5) is 0 Å². The molecule has 2 amide bonds. The highest BCUT2D eigenvalue weighted by molar-refractivity contribution is 7.99. The van der Waals surface area contributed by atoms with Crippen LogP contribution in [0, 0.1) is 0 Å². The molecule has 0 saturated carbocycles. The predicted molar refractivity (Wildman–Crippen MR) is 71.6 cm³/mol. The Morgan fingerprint density at radius 1 is 1.50 bits per heavy atom. The minimum absolute atomic E-state index is 0.122. The number of rotatable bonds is 6. The SMILES string of the molecule is Cn1c(SCC(=O)NCC(N)=O)nnc1-c1ccco1. The molecule has 20 heavy (non-hydrogen) atoms. The summed E-state index contributed by atoms with van der Waals surface area (Å²) in [4.78, 5) is 22.0. The lowest BCUT2D eigenvalue weighted by molar-refractivity contribution is -0.123. The van der Waals surface area contributed by atoms with E-state index in [4.69, 9.17) is 10.2 Å². The fourth-order valence-electron chi connectivity index (χ4n) is 1.43. The zero-order valence-electron chi connectivity index (χ0n) is 10.7. The summed E-state index contributed by atoms with van der Waals surface area (Å²) in [5, 5.41) is 11.0. The first-order valence-electron chi connectivity index (χ1n) is 5.69. The van der Waals surface area contributed by atoms with Crippen molar-refractivity contribution in [3.8, 4) is 11.6 Å². The van der Waals surface area contributed by atoms with Gasteiger partial charge in [0.05, 0.1) is 18.6 Å². The van der Waals surface area contributed by atoms with Gasteiger partial charge in [-0.05, 0) is 12.1 Å². The number of nitrogens with zero attached hydrogens (tertiary/aromatic N) is 3. The summed E-state index contributed by atoms with van der Waals surface area (Å²) in [5.41, 5.74) is 4.93. The van der Waals surface area contributed by atoms with Crippen LogP contribution in [0.5, 0.6) is 0 Å². The van der Waals surface area contributed by atoms with E-state index in [1.165, 1.54) is 11.8 Å². The molecule has 0 unspecified atom stereocenters. The van der Waals surface area contributed by atoms with Crippen molar-refractivity contribution in [2.75, 3.05) is 12.3 Å². The molecule has 0 fully saturated rings. The molecule has 8 nitrogen and oxygen atoms in total. The number of nitrogens with one attached hydrogen (secondary N) is 1. The van der Waals surface area contributed by atoms with Gasteiger partial charge in [0.15, 0.2) is 16.7 Å². The molecule has 0 saturated heterocycles. The van der Waals surface area contributed by atoms with Gasteiger partial charge in [-0.2, -0.15) is 0 Å². The fourth-order valence-corrected chi connectivity index (χ4v) is 2.17. The molecule has 0 aliphatic heterocycles. The van der Waals surface area contributed by atoms with Crippen LogP contribution in [0.15, 0.2) is 28.0 Å². The van der Waals surface area contributed by atoms with E-state index < -0.39 is 5.91 Å². The maximum Gasteiger partial charge on any atom is 0.236 e. The molecular formula is C11H13N5O3S. The van der Waals surface area contributed by atoms with Crippen LogP contribution in [-0.4, -0.2) is 38.9 Å². The average molecular weight is 295 g/mol. The van der Waals surface area contributed by atoms with Crippen molar-refractivity contribution in [3.05, 3.63) is 18.4 Å². The van der Waals surface area contributed by atoms with Gasteiger partial charge in [-0.1, -0.05) is 11.8 Å². The van der Waals surface area contributed by atoms with Crippen molar-refractivity contribution >= 4 is 23.6 Å². The first kappa shape index (κ1) is 14.1. The second-order valence-electron chi connectivity index (χ2n) is 3.87. The lowest BCUT2D eigenvalue weighted by atomic mass is 10.4. The van der Waals surface area contributed by atoms with Gasteiger partial charge in [-0.15, -0.1) is 10.2 Å². The number of carbonyl (C=O) groups is 2. The molecule has 0 spiro atoms. The summed E-state index contributed by atoms with van der Waals surface area (Å²) in [6, 6.07) is 3.53. The number of hydrogen-bond donors (Lipinski definition) is 2. The molecule has 2 aromatic heterocycles. The average Bonchev–Trinajstić information content (AvgIpc) is 3.03. The smallest absolute Gasteiger partial charge is 0.236 e. The van der Waals surface area contributed by atoms with Gasteiger partial charge in [0.25, 0.3) is 0 Å². The first-order valence-corrected chi connectivity index (χ1v) is 6.67. The molecule has 0 aliphatic rings. The maximum atomic E-state index is 11.5. The van der Waals surface area contributed by atoms with Crippen molar-refractivity contribution < 1.29 is 14.0 Å². The second-order valence-corrected chi connectivity index (χ2v) is 4.82. The molecule has 0 radical (unpaired) electrons. The van der Waals surface area contributed by atoms with E-state index in [9.17, 15) is 9.59 Å². The number of carbonyl (C=O) groups excluding carboxylic acids is 2. The summed E-state index contributed by atoms with van der Waals surface area (Å²) in [5.74, 6) is 0.427. The highest BCUT2D eigenvalue weighted by atomic mass is 32.2. The lowest BCUT2D eigenvalue weighted by Crippen LogP contribution is -2.34. The van der Waals surface area contributed by atoms with Gasteiger partial charge >= 0.3 is 0 Å². The Morgan fingerprint density at radius 3 is 2.95 bits per heavy atom. The molecule has 0 bridgehead atoms. The van der Waals surface area contributed by atoms with E-state index in [-0.39, 0.29) is 18.2 Å². The van der Waals surface area contributed by atoms with Gasteiger partial charge in [0, 0.05) is 7.05 Å². The summed E-state index contributed by atoms with van der Waals surface area (Å²) < 4.78 is 6.97. The van der Waals surface area contributed by atoms with Crippen molar-refractivity contribution in [1.82, 2.24) is 20.1 Å². The number of hydrogen-bond acceptors (Lipinski definition) is 6. The molecule has 0 aliphatic carbocycles. The Labute approximate surface area is 118 Å². The monoisotopic (exact) mass is 295 g/mol. The molecule has 0 aromatic carbocycles. The Morgan fingerprint density at radius 2 is 2.30 bits per heavy atom. The molecule has 106 valence electrons. The Balaban J connectivity index is 1.94. The standard InChI is InChI=1S/C11H13N5O3S/c1-16-10(7-3-2-4-19-7)14-15-11(16)20-6-9(18)13-5-8(12)17/h2-4H,5-6H2,1H3,(H2,12,17)(H,13,18). The van der Waals surface area contributed by atoms with Crippen LogP contribution in [0.3, 0.4) is 0 Å². The van der Waals surface area contributed by atoms with E-state index in [0.29, 0.717) is 16.7 Å². The van der Waals surface area contributed by atoms with E-state index in [1.54, 1.807) is 30.0 Å². The summed E-state index contributed by atoms with van der Waals surface area (Å²) >= 11 is 1.21. The predicted octanol–water partition coefficient (Wildman–Crippen LogP) is -0.231. The maximum absolute atomic E-state index is 11.5. The molecule has 9 heteroatoms. The highest BCUT2D eigenvalue weighted by Crippen LogP contribution is 2.22. The van der Waals surface area contributed by atoms with Crippen molar-refractivity contribution in [3.63, 3.8) is 0 Å². The third-order valence-corrected chi connectivity index (χ3v) is 3.39. The highest BCUT2D eigenvalue weighted by Gasteiger charge is 2.14. The van der Waals surface area contributed by atoms with Crippen LogP contribution in [0.1, 0.15) is 0 Å². The molecule has 0 atom stereocenters. The number of furan rings is 1. The zero-order chi connectivity index (χ0) is 14.5. The van der Waals surface area contributed by atoms with Crippen LogP contribution in [-0.2, 0) is 16.6 Å². The first-order chi connectivity index (χ1) is 9.58. The summed E-state index contributed by atoms with van der Waals surface area (Å²) in [6.45, 7) is -0.171. The van der Waals surface area contributed by atoms with Gasteiger partial charge in [0.2, 0.25) is 11.8 Å².